The standard InChI is InChI=1S/C58H35N3O19S/c62-34-27(28-35(63)31-32-41(69)46(74)48(76)51(79)55(32)81-54(31)50(78)39(28)67)38(66)49(77)53-29(34)30-40(68)42(70)33(43(71)52(30)80-53)58-60-56(19-8-6-18(7-9-19)17-4-2-1-3-5-17)59-57(61-58)22-11-10-20-14-23-15-21(12-13-24(23)25(20)16-22)26-36(64)44(72)47(75)45(73)37(26)65/h1-13,15-16,62-79H,14H2. The van der Waals surface area contributed by atoms with Crippen molar-refractivity contribution in [3.05, 3.63) is 102 Å². The van der Waals surface area contributed by atoms with E-state index in [4.69, 9.17) is 9.40 Å². The molecule has 3 heterocycles. The number of furan rings is 1. The second-order valence-electron chi connectivity index (χ2n) is 19.0. The Hall–Kier alpha value is -11.6. The molecule has 13 rings (SSSR count). The highest BCUT2D eigenvalue weighted by Crippen LogP contribution is 2.65. The van der Waals surface area contributed by atoms with Crippen LogP contribution in [0.3, 0.4) is 0 Å². The average Bonchev–Trinajstić information content (AvgIpc) is 4.40. The highest BCUT2D eigenvalue weighted by molar-refractivity contribution is 7.26. The third-order valence-electron chi connectivity index (χ3n) is 14.6. The Morgan fingerprint density at radius 3 is 1.41 bits per heavy atom. The quantitative estimate of drug-likeness (QED) is 0.0543. The second kappa shape index (κ2) is 17.0. The van der Waals surface area contributed by atoms with Crippen LogP contribution in [-0.4, -0.2) is 107 Å². The number of hydrogen-bond acceptors (Lipinski definition) is 23. The highest BCUT2D eigenvalue weighted by Gasteiger charge is 2.37. The molecule has 81 heavy (non-hydrogen) atoms. The summed E-state index contributed by atoms with van der Waals surface area (Å²) in [7, 11) is 0. The molecule has 0 aliphatic heterocycles. The first-order valence-electron chi connectivity index (χ1n) is 23.8. The van der Waals surface area contributed by atoms with Crippen molar-refractivity contribution in [2.45, 2.75) is 6.42 Å². The Morgan fingerprint density at radius 2 is 0.741 bits per heavy atom. The van der Waals surface area contributed by atoms with E-state index in [1.54, 1.807) is 42.5 Å². The number of nitrogens with zero attached hydrogens (tertiary/aromatic N) is 3. The molecule has 12 aromatic rings. The fraction of sp³-hybridized carbons (Fsp3) is 0.0172. The van der Waals surface area contributed by atoms with Gasteiger partial charge >= 0.3 is 0 Å². The topological polar surface area (TPSA) is 416 Å². The van der Waals surface area contributed by atoms with E-state index in [9.17, 15) is 91.9 Å². The van der Waals surface area contributed by atoms with E-state index in [0.29, 0.717) is 45.6 Å². The third kappa shape index (κ3) is 6.69. The summed E-state index contributed by atoms with van der Waals surface area (Å²) < 4.78 is 5.00. The van der Waals surface area contributed by atoms with Gasteiger partial charge in [0.15, 0.2) is 86.1 Å². The number of aromatic nitrogens is 3. The van der Waals surface area contributed by atoms with Crippen molar-refractivity contribution in [2.75, 3.05) is 0 Å². The molecule has 23 heteroatoms. The van der Waals surface area contributed by atoms with Crippen molar-refractivity contribution >= 4 is 53.4 Å². The SMILES string of the molecule is Oc1c(O)c(O)c(-c2ccc3c(c2)Cc2ccc(-c4nc(-c5ccc(-c6ccccc6)cc5)nc(-c5c(O)c(O)c6c(oc7c(O)c(O)c(-c8c(O)c(O)c9sc%10c(O)c(O)c(O)c(O)c%10c9c8O)c(O)c76)c5O)n4)cc2-3)c(O)c1O. The number of benzene rings is 9. The Labute approximate surface area is 453 Å². The molecule has 3 aromatic heterocycles. The molecule has 22 nitrogen and oxygen atoms in total. The van der Waals surface area contributed by atoms with Gasteiger partial charge in [0.05, 0.1) is 47.6 Å². The fourth-order valence-electron chi connectivity index (χ4n) is 10.6. The van der Waals surface area contributed by atoms with E-state index in [-0.39, 0.29) is 22.8 Å². The van der Waals surface area contributed by atoms with Gasteiger partial charge in [-0.2, -0.15) is 0 Å². The van der Waals surface area contributed by atoms with E-state index >= 15 is 0 Å². The molecule has 1 aliphatic rings. The van der Waals surface area contributed by atoms with Crippen LogP contribution >= 0.6 is 11.3 Å². The van der Waals surface area contributed by atoms with Crippen molar-refractivity contribution in [3.8, 4) is 182 Å². The first-order chi connectivity index (χ1) is 38.7. The van der Waals surface area contributed by atoms with Crippen molar-refractivity contribution in [1.29, 1.82) is 0 Å². The number of hydrogen-bond donors (Lipinski definition) is 18. The van der Waals surface area contributed by atoms with Gasteiger partial charge in [0.2, 0.25) is 34.5 Å². The number of rotatable bonds is 6. The van der Waals surface area contributed by atoms with Gasteiger partial charge in [0.1, 0.15) is 17.1 Å². The Morgan fingerprint density at radius 1 is 0.296 bits per heavy atom. The maximum absolute atomic E-state index is 12.2. The van der Waals surface area contributed by atoms with Gasteiger partial charge < -0.3 is 96.3 Å². The average molecular weight is 1110 g/mol. The lowest BCUT2D eigenvalue weighted by atomic mass is 9.94. The van der Waals surface area contributed by atoms with E-state index in [2.05, 4.69) is 9.97 Å². The number of thiophene rings is 1. The van der Waals surface area contributed by atoms with Crippen molar-refractivity contribution in [2.24, 2.45) is 0 Å². The van der Waals surface area contributed by atoms with Gasteiger partial charge in [-0.15, -0.1) is 11.3 Å². The maximum atomic E-state index is 12.2. The van der Waals surface area contributed by atoms with Gasteiger partial charge in [-0.1, -0.05) is 78.9 Å². The molecule has 1 aliphatic carbocycles. The molecule has 0 spiro atoms. The van der Waals surface area contributed by atoms with E-state index in [0.717, 1.165) is 16.7 Å². The molecule has 0 saturated carbocycles. The molecule has 0 saturated heterocycles. The maximum Gasteiger partial charge on any atom is 0.208 e. The zero-order valence-corrected chi connectivity index (χ0v) is 41.4. The predicted octanol–water partition coefficient (Wildman–Crippen LogP) is 10.4. The molecule has 0 fully saturated rings. The minimum absolute atomic E-state index is 0.0122. The lowest BCUT2D eigenvalue weighted by Crippen LogP contribution is -2.01. The largest absolute Gasteiger partial charge is 0.506 e. The van der Waals surface area contributed by atoms with Crippen LogP contribution in [0.25, 0.3) is 121 Å². The summed E-state index contributed by atoms with van der Waals surface area (Å²) in [6, 6.07) is 26.5. The normalized spacial score (nSPS) is 12.0. The highest BCUT2D eigenvalue weighted by atomic mass is 32.1. The monoisotopic (exact) mass is 1110 g/mol. The van der Waals surface area contributed by atoms with Crippen LogP contribution in [0.1, 0.15) is 11.1 Å². The van der Waals surface area contributed by atoms with Crippen molar-refractivity contribution < 1.29 is 96.3 Å². The van der Waals surface area contributed by atoms with E-state index < -0.39 is 168 Å². The fourth-order valence-corrected chi connectivity index (χ4v) is 11.8. The lowest BCUT2D eigenvalue weighted by molar-refractivity contribution is 0.330. The van der Waals surface area contributed by atoms with Crippen LogP contribution in [0.5, 0.6) is 103 Å². The minimum atomic E-state index is -1.34. The number of phenols is 18. The first-order valence-corrected chi connectivity index (χ1v) is 24.7. The molecule has 0 bridgehead atoms. The van der Waals surface area contributed by atoms with Crippen LogP contribution in [0.4, 0.5) is 0 Å². The Balaban J connectivity index is 0.987. The smallest absolute Gasteiger partial charge is 0.208 e. The summed E-state index contributed by atoms with van der Waals surface area (Å²) in [5.41, 5.74) is 0.879. The lowest BCUT2D eigenvalue weighted by Gasteiger charge is -2.16. The Bertz CT molecular complexity index is 4800. The van der Waals surface area contributed by atoms with Gasteiger partial charge in [-0.3, -0.25) is 0 Å². The van der Waals surface area contributed by atoms with E-state index in [1.807, 2.05) is 42.5 Å². The molecule has 0 amide bonds. The molecule has 0 radical (unpaired) electrons. The molecular formula is C58H35N3O19S. The summed E-state index contributed by atoms with van der Waals surface area (Å²) in [6.45, 7) is 0. The van der Waals surface area contributed by atoms with Gasteiger partial charge in [-0.25, -0.2) is 15.0 Å². The van der Waals surface area contributed by atoms with E-state index in [1.165, 1.54) is 6.07 Å². The number of aromatic hydroxyl groups is 18. The second-order valence-corrected chi connectivity index (χ2v) is 20.0. The Kier molecular flexibility index (Phi) is 10.3. The van der Waals surface area contributed by atoms with Gasteiger partial charge in [0, 0.05) is 11.1 Å². The molecule has 0 unspecified atom stereocenters. The number of phenolic OH excluding ortho intramolecular Hbond substituents is 18. The van der Waals surface area contributed by atoms with Crippen LogP contribution in [0, 0.1) is 0 Å². The molecule has 9 aromatic carbocycles. The zero-order valence-electron chi connectivity index (χ0n) is 40.6. The summed E-state index contributed by atoms with van der Waals surface area (Å²) in [5.74, 6) is -20.5. The van der Waals surface area contributed by atoms with Crippen LogP contribution < -0.4 is 0 Å². The van der Waals surface area contributed by atoms with Crippen molar-refractivity contribution in [3.63, 3.8) is 0 Å². The summed E-state index contributed by atoms with van der Waals surface area (Å²) in [4.78, 5) is 14.1. The molecule has 0 atom stereocenters. The van der Waals surface area contributed by atoms with Crippen LogP contribution in [0.15, 0.2) is 95.4 Å². The van der Waals surface area contributed by atoms with Crippen LogP contribution in [-0.2, 0) is 6.42 Å². The minimum Gasteiger partial charge on any atom is -0.506 e. The van der Waals surface area contributed by atoms with Gasteiger partial charge in [0.25, 0.3) is 0 Å². The number of fused-ring (bicyclic) bond motifs is 9. The summed E-state index contributed by atoms with van der Waals surface area (Å²) >= 11 is 0.435. The van der Waals surface area contributed by atoms with Crippen molar-refractivity contribution in [1.82, 2.24) is 15.0 Å². The zero-order chi connectivity index (χ0) is 57.1. The summed E-state index contributed by atoms with van der Waals surface area (Å²) in [5, 5.41) is 197. The third-order valence-corrected chi connectivity index (χ3v) is 15.8. The summed E-state index contributed by atoms with van der Waals surface area (Å²) in [6.07, 6.45) is 0.333. The molecular weight excluding hydrogens is 1070 g/mol. The first kappa shape index (κ1) is 49.0. The predicted molar refractivity (Wildman–Crippen MR) is 291 cm³/mol. The molecule has 402 valence electrons. The molecule has 18 N–H and O–H groups in total. The van der Waals surface area contributed by atoms with Crippen LogP contribution in [0.2, 0.25) is 0 Å². The van der Waals surface area contributed by atoms with Gasteiger partial charge in [-0.05, 0) is 57.5 Å².